The van der Waals surface area contributed by atoms with Gasteiger partial charge in [0.05, 0.1) is 6.54 Å². The maximum atomic E-state index is 11.8. The molecular formula is C15H22N2O3. The summed E-state index contributed by atoms with van der Waals surface area (Å²) >= 11 is 0. The third-order valence-corrected chi connectivity index (χ3v) is 2.99. The van der Waals surface area contributed by atoms with E-state index in [-0.39, 0.29) is 30.9 Å². The van der Waals surface area contributed by atoms with E-state index in [1.165, 1.54) is 0 Å². The number of rotatable bonds is 7. The summed E-state index contributed by atoms with van der Waals surface area (Å²) < 4.78 is 0. The monoisotopic (exact) mass is 278 g/mol. The number of aliphatic hydroxyl groups is 1. The van der Waals surface area contributed by atoms with Crippen molar-refractivity contribution in [3.8, 4) is 0 Å². The normalized spacial score (nSPS) is 11.8. The number of aliphatic hydroxyl groups excluding tert-OH is 1. The van der Waals surface area contributed by atoms with E-state index in [0.717, 1.165) is 5.56 Å². The minimum absolute atomic E-state index is 0.0431. The average molecular weight is 278 g/mol. The number of amides is 2. The molecular weight excluding hydrogens is 256 g/mol. The summed E-state index contributed by atoms with van der Waals surface area (Å²) in [6, 6.07) is 7.16. The molecule has 0 aromatic heterocycles. The van der Waals surface area contributed by atoms with Gasteiger partial charge in [0.15, 0.2) is 0 Å². The molecule has 1 unspecified atom stereocenters. The van der Waals surface area contributed by atoms with Crippen molar-refractivity contribution in [3.63, 3.8) is 0 Å². The quantitative estimate of drug-likeness (QED) is 0.692. The topological polar surface area (TPSA) is 78.4 Å². The van der Waals surface area contributed by atoms with E-state index < -0.39 is 0 Å². The summed E-state index contributed by atoms with van der Waals surface area (Å²) in [7, 11) is 0. The fraction of sp³-hybridized carbons (Fsp3) is 0.467. The summed E-state index contributed by atoms with van der Waals surface area (Å²) in [5, 5.41) is 14.0. The molecule has 5 nitrogen and oxygen atoms in total. The summed E-state index contributed by atoms with van der Waals surface area (Å²) in [5.74, 6) is -0.268. The highest BCUT2D eigenvalue weighted by Gasteiger charge is 2.08. The second kappa shape index (κ2) is 8.32. The molecule has 0 fully saturated rings. The first-order valence-electron chi connectivity index (χ1n) is 6.75. The van der Waals surface area contributed by atoms with Gasteiger partial charge in [0, 0.05) is 18.7 Å². The maximum Gasteiger partial charge on any atom is 0.251 e. The van der Waals surface area contributed by atoms with Gasteiger partial charge in [0.25, 0.3) is 5.91 Å². The van der Waals surface area contributed by atoms with E-state index >= 15 is 0 Å². The van der Waals surface area contributed by atoms with Crippen LogP contribution in [0.4, 0.5) is 0 Å². The Labute approximate surface area is 119 Å². The molecule has 0 saturated carbocycles. The van der Waals surface area contributed by atoms with Crippen molar-refractivity contribution in [1.29, 1.82) is 0 Å². The van der Waals surface area contributed by atoms with Crippen LogP contribution in [0, 0.1) is 12.8 Å². The zero-order valence-corrected chi connectivity index (χ0v) is 12.0. The van der Waals surface area contributed by atoms with Crippen molar-refractivity contribution in [3.05, 3.63) is 35.4 Å². The molecule has 0 aliphatic rings. The molecule has 1 aromatic carbocycles. The highest BCUT2D eigenvalue weighted by Crippen LogP contribution is 2.02. The lowest BCUT2D eigenvalue weighted by Gasteiger charge is -2.11. The average Bonchev–Trinajstić information content (AvgIpc) is 2.43. The third-order valence-electron chi connectivity index (χ3n) is 2.99. The van der Waals surface area contributed by atoms with Crippen LogP contribution in [0.5, 0.6) is 0 Å². The summed E-state index contributed by atoms with van der Waals surface area (Å²) in [6.45, 7) is 4.46. The van der Waals surface area contributed by atoms with Crippen LogP contribution in [0.25, 0.3) is 0 Å². The summed E-state index contributed by atoms with van der Waals surface area (Å²) in [5.41, 5.74) is 1.62. The predicted octanol–water partition coefficient (Wildman–Crippen LogP) is 0.860. The molecule has 0 saturated heterocycles. The molecule has 1 atom stereocenters. The van der Waals surface area contributed by atoms with Gasteiger partial charge in [-0.2, -0.15) is 0 Å². The number of hydrogen-bond acceptors (Lipinski definition) is 3. The Hall–Kier alpha value is -1.88. The lowest BCUT2D eigenvalue weighted by Crippen LogP contribution is -2.38. The largest absolute Gasteiger partial charge is 0.396 e. The van der Waals surface area contributed by atoms with Gasteiger partial charge in [-0.1, -0.05) is 24.6 Å². The molecule has 1 aromatic rings. The van der Waals surface area contributed by atoms with Gasteiger partial charge in [-0.05, 0) is 31.4 Å². The van der Waals surface area contributed by atoms with Crippen molar-refractivity contribution in [2.75, 3.05) is 19.7 Å². The number of carbonyl (C=O) groups excluding carboxylic acids is 2. The number of hydrogen-bond donors (Lipinski definition) is 3. The zero-order chi connectivity index (χ0) is 15.0. The molecule has 1 rings (SSSR count). The second-order valence-corrected chi connectivity index (χ2v) is 4.97. The molecule has 2 amide bonds. The zero-order valence-electron chi connectivity index (χ0n) is 12.0. The third kappa shape index (κ3) is 5.84. The van der Waals surface area contributed by atoms with Crippen LogP contribution < -0.4 is 10.6 Å². The minimum atomic E-state index is -0.261. The van der Waals surface area contributed by atoms with Crippen LogP contribution in [-0.2, 0) is 4.79 Å². The van der Waals surface area contributed by atoms with E-state index in [1.807, 2.05) is 26.0 Å². The lowest BCUT2D eigenvalue weighted by molar-refractivity contribution is -0.120. The predicted molar refractivity (Wildman–Crippen MR) is 77.4 cm³/mol. The van der Waals surface area contributed by atoms with Crippen molar-refractivity contribution in [2.24, 2.45) is 5.92 Å². The van der Waals surface area contributed by atoms with Gasteiger partial charge in [0.2, 0.25) is 5.91 Å². The van der Waals surface area contributed by atoms with E-state index in [1.54, 1.807) is 12.1 Å². The van der Waals surface area contributed by atoms with Gasteiger partial charge < -0.3 is 15.7 Å². The highest BCUT2D eigenvalue weighted by molar-refractivity contribution is 5.96. The first kappa shape index (κ1) is 16.2. The number of nitrogens with one attached hydrogen (secondary N) is 2. The summed E-state index contributed by atoms with van der Waals surface area (Å²) in [6.07, 6.45) is 0.649. The van der Waals surface area contributed by atoms with Crippen molar-refractivity contribution >= 4 is 11.8 Å². The van der Waals surface area contributed by atoms with Crippen molar-refractivity contribution in [2.45, 2.75) is 20.3 Å². The Kier molecular flexibility index (Phi) is 6.73. The molecule has 0 radical (unpaired) electrons. The Balaban J connectivity index is 2.30. The lowest BCUT2D eigenvalue weighted by atomic mass is 10.1. The Morgan fingerprint density at radius 3 is 2.45 bits per heavy atom. The van der Waals surface area contributed by atoms with Crippen LogP contribution in [-0.4, -0.2) is 36.6 Å². The molecule has 20 heavy (non-hydrogen) atoms. The minimum Gasteiger partial charge on any atom is -0.396 e. The Morgan fingerprint density at radius 1 is 1.20 bits per heavy atom. The molecule has 0 aliphatic heterocycles. The van der Waals surface area contributed by atoms with Gasteiger partial charge in [-0.3, -0.25) is 9.59 Å². The van der Waals surface area contributed by atoms with E-state index in [4.69, 9.17) is 5.11 Å². The van der Waals surface area contributed by atoms with Gasteiger partial charge in [0.1, 0.15) is 0 Å². The molecule has 0 heterocycles. The van der Waals surface area contributed by atoms with Crippen LogP contribution in [0.1, 0.15) is 29.3 Å². The Morgan fingerprint density at radius 2 is 1.85 bits per heavy atom. The van der Waals surface area contributed by atoms with Crippen molar-refractivity contribution in [1.82, 2.24) is 10.6 Å². The fourth-order valence-electron chi connectivity index (χ4n) is 1.64. The van der Waals surface area contributed by atoms with Crippen LogP contribution in [0.15, 0.2) is 24.3 Å². The number of carbonyl (C=O) groups is 2. The smallest absolute Gasteiger partial charge is 0.251 e. The second-order valence-electron chi connectivity index (χ2n) is 4.97. The van der Waals surface area contributed by atoms with Crippen LogP contribution in [0.3, 0.4) is 0 Å². The number of benzene rings is 1. The van der Waals surface area contributed by atoms with Gasteiger partial charge >= 0.3 is 0 Å². The van der Waals surface area contributed by atoms with Crippen molar-refractivity contribution < 1.29 is 14.7 Å². The van der Waals surface area contributed by atoms with E-state index in [2.05, 4.69) is 10.6 Å². The Bertz CT molecular complexity index is 443. The van der Waals surface area contributed by atoms with Gasteiger partial charge in [-0.15, -0.1) is 0 Å². The van der Waals surface area contributed by atoms with E-state index in [0.29, 0.717) is 18.5 Å². The molecule has 5 heteroatoms. The molecule has 110 valence electrons. The standard InChI is InChI=1S/C15H22N2O3/c1-11-3-5-13(6-4-11)15(20)17-10-14(19)16-9-12(2)7-8-18/h3-6,12,18H,7-10H2,1-2H3,(H,16,19)(H,17,20). The van der Waals surface area contributed by atoms with E-state index in [9.17, 15) is 9.59 Å². The molecule has 3 N–H and O–H groups in total. The highest BCUT2D eigenvalue weighted by atomic mass is 16.3. The summed E-state index contributed by atoms with van der Waals surface area (Å²) in [4.78, 5) is 23.3. The maximum absolute atomic E-state index is 11.8. The van der Waals surface area contributed by atoms with Gasteiger partial charge in [-0.25, -0.2) is 0 Å². The molecule has 0 bridgehead atoms. The first-order chi connectivity index (χ1) is 9.52. The van der Waals surface area contributed by atoms with Crippen LogP contribution in [0.2, 0.25) is 0 Å². The van der Waals surface area contributed by atoms with Crippen LogP contribution >= 0.6 is 0 Å². The first-order valence-corrected chi connectivity index (χ1v) is 6.75. The number of aryl methyl sites for hydroxylation is 1. The fourth-order valence-corrected chi connectivity index (χ4v) is 1.64. The molecule has 0 spiro atoms. The molecule has 0 aliphatic carbocycles. The SMILES string of the molecule is Cc1ccc(C(=O)NCC(=O)NCC(C)CCO)cc1.